The molecule has 1 aliphatic carbocycles. The predicted molar refractivity (Wildman–Crippen MR) is 85.1 cm³/mol. The summed E-state index contributed by atoms with van der Waals surface area (Å²) in [7, 11) is 0. The molecule has 0 saturated heterocycles. The van der Waals surface area contributed by atoms with E-state index in [0.29, 0.717) is 25.1 Å². The molecule has 3 atom stereocenters. The molecule has 0 amide bonds. The number of ether oxygens (including phenoxy) is 1. The van der Waals surface area contributed by atoms with Crippen molar-refractivity contribution in [2.24, 2.45) is 0 Å². The molecular weight excluding hydrogens is 282 g/mol. The minimum Gasteiger partial charge on any atom is -0.491 e. The van der Waals surface area contributed by atoms with Gasteiger partial charge < -0.3 is 25.4 Å². The van der Waals surface area contributed by atoms with Crippen LogP contribution in [0.4, 0.5) is 0 Å². The third-order valence-electron chi connectivity index (χ3n) is 3.82. The number of hydrogen-bond acceptors (Lipinski definition) is 5. The van der Waals surface area contributed by atoms with Gasteiger partial charge in [0, 0.05) is 30.5 Å². The first-order valence-corrected chi connectivity index (χ1v) is 7.79. The Morgan fingerprint density at radius 2 is 1.91 bits per heavy atom. The average molecular weight is 309 g/mol. The molecule has 1 aromatic rings. The Morgan fingerprint density at radius 3 is 2.59 bits per heavy atom. The maximum Gasteiger partial charge on any atom is 0.123 e. The van der Waals surface area contributed by atoms with Gasteiger partial charge in [-0.1, -0.05) is 12.1 Å². The van der Waals surface area contributed by atoms with Crippen molar-refractivity contribution in [2.75, 3.05) is 13.2 Å². The molecule has 4 N–H and O–H groups in total. The van der Waals surface area contributed by atoms with E-state index in [9.17, 15) is 15.3 Å². The van der Waals surface area contributed by atoms with E-state index in [-0.39, 0.29) is 12.1 Å². The van der Waals surface area contributed by atoms with E-state index < -0.39 is 18.3 Å². The highest BCUT2D eigenvalue weighted by atomic mass is 16.5. The lowest BCUT2D eigenvalue weighted by Crippen LogP contribution is -2.42. The summed E-state index contributed by atoms with van der Waals surface area (Å²) in [6.07, 6.45) is -1.27. The number of nitrogens with one attached hydrogen (secondary N) is 1. The lowest BCUT2D eigenvalue weighted by atomic mass is 9.87. The summed E-state index contributed by atoms with van der Waals surface area (Å²) < 4.78 is 5.73. The molecule has 1 aromatic carbocycles. The minimum absolute atomic E-state index is 0.0485. The summed E-state index contributed by atoms with van der Waals surface area (Å²) in [4.78, 5) is 0. The fraction of sp³-hybridized carbons (Fsp3) is 0.647. The van der Waals surface area contributed by atoms with Gasteiger partial charge in [-0.05, 0) is 32.4 Å². The van der Waals surface area contributed by atoms with Gasteiger partial charge in [-0.25, -0.2) is 0 Å². The molecule has 0 heterocycles. The van der Waals surface area contributed by atoms with Crippen LogP contribution in [0.3, 0.4) is 0 Å². The summed E-state index contributed by atoms with van der Waals surface area (Å²) in [6, 6.07) is 5.65. The monoisotopic (exact) mass is 309 g/mol. The second-order valence-electron chi connectivity index (χ2n) is 7.03. The van der Waals surface area contributed by atoms with Gasteiger partial charge in [0.15, 0.2) is 0 Å². The van der Waals surface area contributed by atoms with Gasteiger partial charge in [0.2, 0.25) is 0 Å². The van der Waals surface area contributed by atoms with Gasteiger partial charge in [-0.2, -0.15) is 0 Å². The minimum atomic E-state index is -0.760. The van der Waals surface area contributed by atoms with Crippen molar-refractivity contribution in [1.82, 2.24) is 5.32 Å². The van der Waals surface area contributed by atoms with Crippen molar-refractivity contribution < 1.29 is 20.1 Å². The molecule has 5 nitrogen and oxygen atoms in total. The maximum atomic E-state index is 10.00. The van der Waals surface area contributed by atoms with Gasteiger partial charge >= 0.3 is 0 Å². The lowest BCUT2D eigenvalue weighted by molar-refractivity contribution is 0.0132. The number of rotatable bonds is 5. The van der Waals surface area contributed by atoms with Crippen LogP contribution in [-0.4, -0.2) is 52.3 Å². The Hall–Kier alpha value is -1.14. The highest BCUT2D eigenvalue weighted by Gasteiger charge is 2.27. The molecule has 2 rings (SSSR count). The molecule has 0 saturated carbocycles. The largest absolute Gasteiger partial charge is 0.491 e. The lowest BCUT2D eigenvalue weighted by Gasteiger charge is -2.28. The number of hydrogen-bond donors (Lipinski definition) is 4. The van der Waals surface area contributed by atoms with Crippen LogP contribution >= 0.6 is 0 Å². The Morgan fingerprint density at radius 1 is 1.23 bits per heavy atom. The van der Waals surface area contributed by atoms with Crippen LogP contribution in [0.1, 0.15) is 31.9 Å². The van der Waals surface area contributed by atoms with Crippen LogP contribution in [0, 0.1) is 0 Å². The Kier molecular flexibility index (Phi) is 5.45. The van der Waals surface area contributed by atoms with Gasteiger partial charge in [-0.3, -0.25) is 0 Å². The highest BCUT2D eigenvalue weighted by Crippen LogP contribution is 2.30. The molecular formula is C17H27NO4. The summed E-state index contributed by atoms with van der Waals surface area (Å²) in [5, 5.41) is 32.8. The molecule has 0 spiro atoms. The number of aliphatic hydroxyl groups is 3. The van der Waals surface area contributed by atoms with Crippen molar-refractivity contribution in [2.45, 2.75) is 57.5 Å². The summed E-state index contributed by atoms with van der Waals surface area (Å²) in [5.74, 6) is 0.679. The molecule has 0 unspecified atom stereocenters. The number of fused-ring (bicyclic) bond motifs is 1. The van der Waals surface area contributed by atoms with Crippen molar-refractivity contribution in [1.29, 1.82) is 0 Å². The van der Waals surface area contributed by atoms with E-state index in [2.05, 4.69) is 5.32 Å². The zero-order chi connectivity index (χ0) is 16.3. The molecule has 0 aliphatic heterocycles. The smallest absolute Gasteiger partial charge is 0.123 e. The first-order valence-electron chi connectivity index (χ1n) is 7.79. The van der Waals surface area contributed by atoms with Crippen molar-refractivity contribution in [3.05, 3.63) is 29.3 Å². The van der Waals surface area contributed by atoms with Crippen LogP contribution < -0.4 is 10.1 Å². The Balaban J connectivity index is 1.95. The van der Waals surface area contributed by atoms with E-state index >= 15 is 0 Å². The zero-order valence-corrected chi connectivity index (χ0v) is 13.5. The summed E-state index contributed by atoms with van der Waals surface area (Å²) in [6.45, 7) is 6.78. The normalized spacial score (nSPS) is 23.0. The van der Waals surface area contributed by atoms with E-state index in [1.807, 2.05) is 39.0 Å². The van der Waals surface area contributed by atoms with Crippen LogP contribution in [0.15, 0.2) is 18.2 Å². The molecule has 1 aliphatic rings. The van der Waals surface area contributed by atoms with Gasteiger partial charge in [0.1, 0.15) is 18.5 Å². The third-order valence-corrected chi connectivity index (χ3v) is 3.82. The first-order chi connectivity index (χ1) is 10.3. The van der Waals surface area contributed by atoms with Gasteiger partial charge in [0.05, 0.1) is 12.2 Å². The standard InChI is InChI=1S/C17H27NO4/c1-17(2,3)18-9-12(19)10-22-16-6-4-5-11-7-14(20)15(21)8-13(11)16/h4-6,12,14-15,18-21H,7-10H2,1-3H3/t12-,14+,15-/m0/s1. The quantitative estimate of drug-likeness (QED) is 0.641. The molecule has 0 fully saturated rings. The van der Waals surface area contributed by atoms with Crippen molar-refractivity contribution >= 4 is 0 Å². The number of aliphatic hydroxyl groups excluding tert-OH is 3. The Bertz CT molecular complexity index is 498. The Labute approximate surface area is 131 Å². The molecule has 0 radical (unpaired) electrons. The van der Waals surface area contributed by atoms with E-state index in [4.69, 9.17) is 4.74 Å². The van der Waals surface area contributed by atoms with Gasteiger partial charge in [-0.15, -0.1) is 0 Å². The van der Waals surface area contributed by atoms with Crippen LogP contribution in [0.2, 0.25) is 0 Å². The van der Waals surface area contributed by atoms with Gasteiger partial charge in [0.25, 0.3) is 0 Å². The zero-order valence-electron chi connectivity index (χ0n) is 13.5. The van der Waals surface area contributed by atoms with E-state index in [1.165, 1.54) is 0 Å². The molecule has 124 valence electrons. The second kappa shape index (κ2) is 6.96. The first kappa shape index (κ1) is 17.2. The SMILES string of the molecule is CC(C)(C)NC[C@H](O)COc1cccc2c1C[C@H](O)[C@H](O)C2. The fourth-order valence-electron chi connectivity index (χ4n) is 2.54. The topological polar surface area (TPSA) is 82.0 Å². The van der Waals surface area contributed by atoms with E-state index in [1.54, 1.807) is 0 Å². The molecule has 22 heavy (non-hydrogen) atoms. The van der Waals surface area contributed by atoms with Crippen LogP contribution in [-0.2, 0) is 12.8 Å². The molecule has 0 bridgehead atoms. The van der Waals surface area contributed by atoms with Crippen molar-refractivity contribution in [3.63, 3.8) is 0 Å². The number of β-amino-alcohol motifs (C(OH)–C–C–N with tert-alkyl or cyclic N) is 1. The maximum absolute atomic E-state index is 10.00. The fourth-order valence-corrected chi connectivity index (χ4v) is 2.54. The molecule has 5 heteroatoms. The third kappa shape index (κ3) is 4.68. The van der Waals surface area contributed by atoms with E-state index in [0.717, 1.165) is 11.1 Å². The van der Waals surface area contributed by atoms with Crippen LogP contribution in [0.5, 0.6) is 5.75 Å². The van der Waals surface area contributed by atoms with Crippen molar-refractivity contribution in [3.8, 4) is 5.75 Å². The number of benzene rings is 1. The second-order valence-corrected chi connectivity index (χ2v) is 7.03. The highest BCUT2D eigenvalue weighted by molar-refractivity contribution is 5.43. The summed E-state index contributed by atoms with van der Waals surface area (Å²) >= 11 is 0. The van der Waals surface area contributed by atoms with Crippen LogP contribution in [0.25, 0.3) is 0 Å². The average Bonchev–Trinajstić information content (AvgIpc) is 2.43. The predicted octanol–water partition coefficient (Wildman–Crippen LogP) is 0.635. The molecule has 0 aromatic heterocycles. The summed E-state index contributed by atoms with van der Waals surface area (Å²) in [5.41, 5.74) is 1.88.